The van der Waals surface area contributed by atoms with Crippen LogP contribution in [0, 0.1) is 0 Å². The van der Waals surface area contributed by atoms with E-state index in [2.05, 4.69) is 55.6 Å². The number of ether oxygens (including phenoxy) is 1. The third-order valence-corrected chi connectivity index (χ3v) is 13.9. The van der Waals surface area contributed by atoms with Gasteiger partial charge in [-0.2, -0.15) is 0 Å². The highest BCUT2D eigenvalue weighted by atomic mass is 16.5. The Morgan fingerprint density at radius 2 is 0.735 bits per heavy atom. The van der Waals surface area contributed by atoms with Crippen LogP contribution in [0.25, 0.3) is 0 Å². The van der Waals surface area contributed by atoms with E-state index in [9.17, 15) is 19.8 Å². The van der Waals surface area contributed by atoms with Gasteiger partial charge in [0.1, 0.15) is 0 Å². The molecule has 68 heavy (non-hydrogen) atoms. The molecule has 0 rings (SSSR count). The zero-order chi connectivity index (χ0) is 49.3. The summed E-state index contributed by atoms with van der Waals surface area (Å²) in [6, 6.07) is -0.550. The number of nitrogens with one attached hydrogen (secondary N) is 1. The summed E-state index contributed by atoms with van der Waals surface area (Å²) in [4.78, 5) is 24.5. The number of carbonyl (C=O) groups excluding carboxylic acids is 2. The van der Waals surface area contributed by atoms with Gasteiger partial charge in [0.25, 0.3) is 0 Å². The van der Waals surface area contributed by atoms with E-state index in [0.29, 0.717) is 25.9 Å². The Balaban J connectivity index is 3.48. The molecule has 6 heteroatoms. The Bertz CT molecular complexity index is 1100. The maximum Gasteiger partial charge on any atom is 0.305 e. The monoisotopic (exact) mass is 956 g/mol. The lowest BCUT2D eigenvalue weighted by molar-refractivity contribution is -0.143. The van der Waals surface area contributed by atoms with Crippen LogP contribution < -0.4 is 5.32 Å². The summed E-state index contributed by atoms with van der Waals surface area (Å²) in [5, 5.41) is 23.3. The number of unbranched alkanes of at least 4 members (excludes halogenated alkanes) is 40. The molecule has 0 aliphatic heterocycles. The molecule has 0 fully saturated rings. The largest absolute Gasteiger partial charge is 0.466 e. The lowest BCUT2D eigenvalue weighted by atomic mass is 10.0. The van der Waals surface area contributed by atoms with E-state index in [-0.39, 0.29) is 18.5 Å². The van der Waals surface area contributed by atoms with E-state index in [0.717, 1.165) is 70.6 Å². The molecule has 0 aromatic carbocycles. The van der Waals surface area contributed by atoms with Gasteiger partial charge in [0, 0.05) is 12.8 Å². The Kier molecular flexibility index (Phi) is 56.0. The second kappa shape index (κ2) is 57.7. The quantitative estimate of drug-likeness (QED) is 0.0244. The van der Waals surface area contributed by atoms with Gasteiger partial charge < -0.3 is 20.3 Å². The van der Waals surface area contributed by atoms with Crippen molar-refractivity contribution < 1.29 is 24.5 Å². The molecular formula is C62H117NO5. The summed E-state index contributed by atoms with van der Waals surface area (Å²) in [6.07, 6.45) is 71.4. The van der Waals surface area contributed by atoms with Gasteiger partial charge in [-0.1, -0.05) is 262 Å². The number of aliphatic hydroxyl groups excluding tert-OH is 2. The molecule has 0 aliphatic carbocycles. The van der Waals surface area contributed by atoms with Crippen molar-refractivity contribution in [2.75, 3.05) is 13.2 Å². The van der Waals surface area contributed by atoms with E-state index in [1.54, 1.807) is 0 Å². The third-order valence-electron chi connectivity index (χ3n) is 13.9. The molecule has 400 valence electrons. The standard InChI is InChI=1S/C62H117NO5/c1-3-5-7-9-11-13-15-17-19-26-30-34-38-42-46-50-54-60(65)59(58-64)63-61(66)55-51-47-43-39-35-31-27-24-22-21-23-25-29-33-37-41-45-49-53-57-68-62(67)56-52-48-44-40-36-32-28-20-18-16-14-12-10-8-6-4-2/h20,25,28-29,33,37,59-60,64-65H,3-19,21-24,26-27,30-32,34-36,38-58H2,1-2H3,(H,63,66)/b28-20-,29-25-,37-33-. The highest BCUT2D eigenvalue weighted by Crippen LogP contribution is 2.17. The van der Waals surface area contributed by atoms with Crippen molar-refractivity contribution in [3.8, 4) is 0 Å². The van der Waals surface area contributed by atoms with Crippen molar-refractivity contribution in [1.82, 2.24) is 5.32 Å². The SMILES string of the molecule is CCCCCCCCC/C=C\CCCCCCCC(=O)OCCCCC/C=C\C=C/CCCCCCCCCCCCC(=O)NC(CO)C(O)CCCCCCCCCCCCCCCCCC. The number of allylic oxidation sites excluding steroid dienone is 6. The molecule has 2 unspecified atom stereocenters. The molecule has 0 aromatic rings. The Morgan fingerprint density at radius 3 is 1.13 bits per heavy atom. The summed E-state index contributed by atoms with van der Waals surface area (Å²) in [5.74, 6) is -0.0642. The first-order chi connectivity index (χ1) is 33.5. The fraction of sp³-hybridized carbons (Fsp3) is 0.871. The van der Waals surface area contributed by atoms with Crippen molar-refractivity contribution in [3.05, 3.63) is 36.5 Å². The average molecular weight is 957 g/mol. The highest BCUT2D eigenvalue weighted by molar-refractivity contribution is 5.76. The summed E-state index contributed by atoms with van der Waals surface area (Å²) in [6.45, 7) is 4.92. The predicted molar refractivity (Wildman–Crippen MR) is 296 cm³/mol. The number of esters is 1. The molecule has 0 aromatic heterocycles. The number of aliphatic hydroxyl groups is 2. The zero-order valence-corrected chi connectivity index (χ0v) is 45.6. The second-order valence-electron chi connectivity index (χ2n) is 20.7. The molecule has 1 amide bonds. The van der Waals surface area contributed by atoms with E-state index in [4.69, 9.17) is 4.74 Å². The number of hydrogen-bond acceptors (Lipinski definition) is 5. The maximum atomic E-state index is 12.5. The van der Waals surface area contributed by atoms with Crippen LogP contribution in [0.3, 0.4) is 0 Å². The molecule has 0 spiro atoms. The summed E-state index contributed by atoms with van der Waals surface area (Å²) in [5.41, 5.74) is 0. The van der Waals surface area contributed by atoms with Gasteiger partial charge in [0.2, 0.25) is 5.91 Å². The van der Waals surface area contributed by atoms with Crippen LogP contribution in [0.5, 0.6) is 0 Å². The molecule has 0 bridgehead atoms. The smallest absolute Gasteiger partial charge is 0.305 e. The minimum Gasteiger partial charge on any atom is -0.466 e. The van der Waals surface area contributed by atoms with Crippen molar-refractivity contribution >= 4 is 11.9 Å². The molecule has 0 aliphatic rings. The molecule has 0 heterocycles. The van der Waals surface area contributed by atoms with Crippen LogP contribution in [0.2, 0.25) is 0 Å². The van der Waals surface area contributed by atoms with Gasteiger partial charge in [0.05, 0.1) is 25.4 Å². The first-order valence-electron chi connectivity index (χ1n) is 30.3. The molecule has 2 atom stereocenters. The minimum absolute atomic E-state index is 0.0206. The van der Waals surface area contributed by atoms with Gasteiger partial charge in [-0.3, -0.25) is 9.59 Å². The summed E-state index contributed by atoms with van der Waals surface area (Å²) in [7, 11) is 0. The zero-order valence-electron chi connectivity index (χ0n) is 45.6. The van der Waals surface area contributed by atoms with E-state index < -0.39 is 12.1 Å². The van der Waals surface area contributed by atoms with Gasteiger partial charge in [0.15, 0.2) is 0 Å². The van der Waals surface area contributed by atoms with E-state index in [1.807, 2.05) is 0 Å². The Morgan fingerprint density at radius 1 is 0.412 bits per heavy atom. The van der Waals surface area contributed by atoms with E-state index >= 15 is 0 Å². The fourth-order valence-corrected chi connectivity index (χ4v) is 9.27. The Labute approximate surface area is 424 Å². The van der Waals surface area contributed by atoms with Crippen LogP contribution in [-0.2, 0) is 14.3 Å². The van der Waals surface area contributed by atoms with Gasteiger partial charge in [-0.25, -0.2) is 0 Å². The van der Waals surface area contributed by atoms with Crippen LogP contribution in [0.4, 0.5) is 0 Å². The molecule has 6 nitrogen and oxygen atoms in total. The normalized spacial score (nSPS) is 12.8. The summed E-state index contributed by atoms with van der Waals surface area (Å²) < 4.78 is 5.46. The van der Waals surface area contributed by atoms with Crippen LogP contribution in [-0.4, -0.2) is 47.4 Å². The molecule has 0 saturated heterocycles. The van der Waals surface area contributed by atoms with E-state index in [1.165, 1.54) is 218 Å². The molecule has 0 saturated carbocycles. The lowest BCUT2D eigenvalue weighted by Crippen LogP contribution is -2.45. The van der Waals surface area contributed by atoms with Crippen molar-refractivity contribution in [2.45, 2.75) is 334 Å². The molecule has 0 radical (unpaired) electrons. The van der Waals surface area contributed by atoms with Gasteiger partial charge in [-0.05, 0) is 83.5 Å². The van der Waals surface area contributed by atoms with Gasteiger partial charge >= 0.3 is 5.97 Å². The number of amides is 1. The first-order valence-corrected chi connectivity index (χ1v) is 30.3. The number of carbonyl (C=O) groups is 2. The molecular weight excluding hydrogens is 839 g/mol. The fourth-order valence-electron chi connectivity index (χ4n) is 9.27. The topological polar surface area (TPSA) is 95.9 Å². The number of rotatable bonds is 56. The van der Waals surface area contributed by atoms with Crippen molar-refractivity contribution in [2.24, 2.45) is 0 Å². The lowest BCUT2D eigenvalue weighted by Gasteiger charge is -2.22. The maximum absolute atomic E-state index is 12.5. The number of hydrogen-bond donors (Lipinski definition) is 3. The third kappa shape index (κ3) is 53.4. The minimum atomic E-state index is -0.672. The second-order valence-corrected chi connectivity index (χ2v) is 20.7. The van der Waals surface area contributed by atoms with Crippen LogP contribution in [0.15, 0.2) is 36.5 Å². The summed E-state index contributed by atoms with van der Waals surface area (Å²) >= 11 is 0. The Hall–Kier alpha value is -1.92. The first kappa shape index (κ1) is 66.1. The van der Waals surface area contributed by atoms with Gasteiger partial charge in [-0.15, -0.1) is 0 Å². The predicted octanol–water partition coefficient (Wildman–Crippen LogP) is 18.8. The van der Waals surface area contributed by atoms with Crippen molar-refractivity contribution in [3.63, 3.8) is 0 Å². The van der Waals surface area contributed by atoms with Crippen LogP contribution in [0.1, 0.15) is 322 Å². The van der Waals surface area contributed by atoms with Crippen LogP contribution >= 0.6 is 0 Å². The molecule has 3 N–H and O–H groups in total. The average Bonchev–Trinajstić information content (AvgIpc) is 3.34. The van der Waals surface area contributed by atoms with Crippen molar-refractivity contribution in [1.29, 1.82) is 0 Å². The highest BCUT2D eigenvalue weighted by Gasteiger charge is 2.20.